The molecule has 0 N–H and O–H groups in total. The minimum absolute atomic E-state index is 0.711. The zero-order chi connectivity index (χ0) is 9.80. The summed E-state index contributed by atoms with van der Waals surface area (Å²) in [5.41, 5.74) is 2.28. The molecule has 14 heavy (non-hydrogen) atoms. The second-order valence-electron chi connectivity index (χ2n) is 3.24. The average molecular weight is 185 g/mol. The van der Waals surface area contributed by atoms with Crippen LogP contribution in [0.3, 0.4) is 0 Å². The van der Waals surface area contributed by atoms with Gasteiger partial charge in [0.2, 0.25) is 0 Å². The van der Waals surface area contributed by atoms with Crippen molar-refractivity contribution in [2.45, 2.75) is 6.42 Å². The SMILES string of the molecule is N#CN1CC=C(c2ccccn2)CC1. The van der Waals surface area contributed by atoms with Crippen LogP contribution in [0.5, 0.6) is 0 Å². The molecule has 3 nitrogen and oxygen atoms in total. The summed E-state index contributed by atoms with van der Waals surface area (Å²) in [4.78, 5) is 6.03. The molecule has 1 aliphatic rings. The van der Waals surface area contributed by atoms with Crippen LogP contribution in [0.1, 0.15) is 12.1 Å². The molecule has 0 radical (unpaired) electrons. The van der Waals surface area contributed by atoms with Crippen molar-refractivity contribution in [2.75, 3.05) is 13.1 Å². The second kappa shape index (κ2) is 3.93. The van der Waals surface area contributed by atoms with Crippen LogP contribution in [0.15, 0.2) is 30.5 Å². The maximum absolute atomic E-state index is 8.68. The van der Waals surface area contributed by atoms with Crippen LogP contribution in [-0.2, 0) is 0 Å². The highest BCUT2D eigenvalue weighted by atomic mass is 15.1. The van der Waals surface area contributed by atoms with Crippen molar-refractivity contribution in [1.29, 1.82) is 5.26 Å². The summed E-state index contributed by atoms with van der Waals surface area (Å²) in [7, 11) is 0. The van der Waals surface area contributed by atoms with Gasteiger partial charge < -0.3 is 4.90 Å². The molecule has 0 saturated heterocycles. The maximum atomic E-state index is 8.68. The molecule has 70 valence electrons. The van der Waals surface area contributed by atoms with Gasteiger partial charge in [-0.3, -0.25) is 4.98 Å². The van der Waals surface area contributed by atoms with Gasteiger partial charge in [-0.05, 0) is 24.1 Å². The molecule has 3 heteroatoms. The van der Waals surface area contributed by atoms with Gasteiger partial charge in [-0.1, -0.05) is 12.1 Å². The Morgan fingerprint density at radius 3 is 2.93 bits per heavy atom. The lowest BCUT2D eigenvalue weighted by Gasteiger charge is -2.20. The minimum atomic E-state index is 0.711. The molecule has 0 saturated carbocycles. The van der Waals surface area contributed by atoms with E-state index in [9.17, 15) is 0 Å². The van der Waals surface area contributed by atoms with E-state index in [4.69, 9.17) is 5.26 Å². The summed E-state index contributed by atoms with van der Waals surface area (Å²) < 4.78 is 0. The van der Waals surface area contributed by atoms with Crippen LogP contribution in [-0.4, -0.2) is 23.0 Å². The van der Waals surface area contributed by atoms with Gasteiger partial charge in [0.05, 0.1) is 5.69 Å². The van der Waals surface area contributed by atoms with Crippen LogP contribution in [0.2, 0.25) is 0 Å². The van der Waals surface area contributed by atoms with E-state index in [1.54, 1.807) is 11.1 Å². The van der Waals surface area contributed by atoms with Gasteiger partial charge in [0.25, 0.3) is 0 Å². The minimum Gasteiger partial charge on any atom is -0.306 e. The molecule has 0 spiro atoms. The first kappa shape index (κ1) is 8.76. The molecule has 1 aliphatic heterocycles. The third-order valence-corrected chi connectivity index (χ3v) is 2.34. The number of rotatable bonds is 1. The van der Waals surface area contributed by atoms with Crippen LogP contribution < -0.4 is 0 Å². The fraction of sp³-hybridized carbons (Fsp3) is 0.273. The Morgan fingerprint density at radius 2 is 2.36 bits per heavy atom. The standard InChI is InChI=1S/C11H11N3/c12-9-14-7-4-10(5-8-14)11-3-1-2-6-13-11/h1-4,6H,5,7-8H2. The van der Waals surface area contributed by atoms with E-state index in [1.807, 2.05) is 18.2 Å². The second-order valence-corrected chi connectivity index (χ2v) is 3.24. The number of pyridine rings is 1. The average Bonchev–Trinajstić information content (AvgIpc) is 2.30. The zero-order valence-electron chi connectivity index (χ0n) is 7.85. The smallest absolute Gasteiger partial charge is 0.179 e. The van der Waals surface area contributed by atoms with E-state index < -0.39 is 0 Å². The third-order valence-electron chi connectivity index (χ3n) is 2.34. The first-order valence-corrected chi connectivity index (χ1v) is 4.65. The lowest BCUT2D eigenvalue weighted by Crippen LogP contribution is -2.23. The number of aromatic nitrogens is 1. The predicted octanol–water partition coefficient (Wildman–Crippen LogP) is 1.65. The van der Waals surface area contributed by atoms with Crippen LogP contribution in [0.25, 0.3) is 5.57 Å². The summed E-state index contributed by atoms with van der Waals surface area (Å²) in [6.45, 7) is 1.52. The molecule has 1 aromatic heterocycles. The summed E-state index contributed by atoms with van der Waals surface area (Å²) in [6.07, 6.45) is 6.93. The van der Waals surface area contributed by atoms with Crippen LogP contribution in [0.4, 0.5) is 0 Å². The number of nitrogens with zero attached hydrogens (tertiary/aromatic N) is 3. The molecular weight excluding hydrogens is 174 g/mol. The molecule has 0 unspecified atom stereocenters. The van der Waals surface area contributed by atoms with E-state index in [-0.39, 0.29) is 0 Å². The molecule has 2 rings (SSSR count). The Bertz CT molecular complexity index is 375. The Hall–Kier alpha value is -1.82. The molecule has 0 fully saturated rings. The fourth-order valence-electron chi connectivity index (χ4n) is 1.55. The van der Waals surface area contributed by atoms with Gasteiger partial charge in [0, 0.05) is 19.3 Å². The monoisotopic (exact) mass is 185 g/mol. The van der Waals surface area contributed by atoms with Crippen molar-refractivity contribution in [3.8, 4) is 6.19 Å². The Balaban J connectivity index is 2.16. The van der Waals surface area contributed by atoms with E-state index in [2.05, 4.69) is 17.3 Å². The van der Waals surface area contributed by atoms with Crippen molar-refractivity contribution in [3.63, 3.8) is 0 Å². The fourth-order valence-corrected chi connectivity index (χ4v) is 1.55. The Kier molecular flexibility index (Phi) is 2.46. The molecule has 1 aromatic rings. The summed E-state index contributed by atoms with van der Waals surface area (Å²) in [6, 6.07) is 5.90. The molecule has 0 aromatic carbocycles. The first-order chi connectivity index (χ1) is 6.90. The number of nitriles is 1. The first-order valence-electron chi connectivity index (χ1n) is 4.65. The highest BCUT2D eigenvalue weighted by Gasteiger charge is 2.11. The lowest BCUT2D eigenvalue weighted by molar-refractivity contribution is 0.431. The normalized spacial score (nSPS) is 15.9. The van der Waals surface area contributed by atoms with Gasteiger partial charge in [-0.15, -0.1) is 0 Å². The van der Waals surface area contributed by atoms with Crippen LogP contribution in [0, 0.1) is 11.5 Å². The van der Waals surface area contributed by atoms with E-state index in [1.165, 1.54) is 5.57 Å². The van der Waals surface area contributed by atoms with Crippen molar-refractivity contribution < 1.29 is 0 Å². The molecule has 0 bridgehead atoms. The van der Waals surface area contributed by atoms with Crippen molar-refractivity contribution >= 4 is 5.57 Å². The largest absolute Gasteiger partial charge is 0.306 e. The van der Waals surface area contributed by atoms with Gasteiger partial charge in [-0.2, -0.15) is 5.26 Å². The van der Waals surface area contributed by atoms with Gasteiger partial charge >= 0.3 is 0 Å². The van der Waals surface area contributed by atoms with Gasteiger partial charge in [-0.25, -0.2) is 0 Å². The van der Waals surface area contributed by atoms with Gasteiger partial charge in [0.1, 0.15) is 0 Å². The summed E-state index contributed by atoms with van der Waals surface area (Å²) >= 11 is 0. The number of hydrogen-bond acceptors (Lipinski definition) is 3. The van der Waals surface area contributed by atoms with Gasteiger partial charge in [0.15, 0.2) is 6.19 Å². The van der Waals surface area contributed by atoms with E-state index >= 15 is 0 Å². The predicted molar refractivity (Wildman–Crippen MR) is 54.0 cm³/mol. The molecule has 2 heterocycles. The highest BCUT2D eigenvalue weighted by molar-refractivity contribution is 5.63. The number of hydrogen-bond donors (Lipinski definition) is 0. The quantitative estimate of drug-likeness (QED) is 0.624. The van der Waals surface area contributed by atoms with Crippen molar-refractivity contribution in [2.24, 2.45) is 0 Å². The Morgan fingerprint density at radius 1 is 1.43 bits per heavy atom. The van der Waals surface area contributed by atoms with Crippen molar-refractivity contribution in [1.82, 2.24) is 9.88 Å². The summed E-state index contributed by atoms with van der Waals surface area (Å²) in [5.74, 6) is 0. The Labute approximate surface area is 83.3 Å². The van der Waals surface area contributed by atoms with Crippen LogP contribution >= 0.6 is 0 Å². The zero-order valence-corrected chi connectivity index (χ0v) is 7.85. The molecule has 0 amide bonds. The van der Waals surface area contributed by atoms with E-state index in [0.29, 0.717) is 6.54 Å². The highest BCUT2D eigenvalue weighted by Crippen LogP contribution is 2.19. The van der Waals surface area contributed by atoms with E-state index in [0.717, 1.165) is 18.7 Å². The maximum Gasteiger partial charge on any atom is 0.179 e. The summed E-state index contributed by atoms with van der Waals surface area (Å²) in [5, 5.41) is 8.68. The third kappa shape index (κ3) is 1.74. The topological polar surface area (TPSA) is 39.9 Å². The molecule has 0 aliphatic carbocycles. The molecule has 0 atom stereocenters. The van der Waals surface area contributed by atoms with Crippen molar-refractivity contribution in [3.05, 3.63) is 36.2 Å². The molecular formula is C11H11N3. The lowest BCUT2D eigenvalue weighted by atomic mass is 10.0.